The van der Waals surface area contributed by atoms with Gasteiger partial charge in [0.15, 0.2) is 5.79 Å². The van der Waals surface area contributed by atoms with Crippen LogP contribution in [0, 0.1) is 11.3 Å². The minimum atomic E-state index is -0.536. The van der Waals surface area contributed by atoms with Crippen LogP contribution in [0.25, 0.3) is 0 Å². The lowest BCUT2D eigenvalue weighted by Crippen LogP contribution is -2.46. The summed E-state index contributed by atoms with van der Waals surface area (Å²) in [6, 6.07) is 9.21. The molecule has 2 aliphatic heterocycles. The van der Waals surface area contributed by atoms with Crippen molar-refractivity contribution in [3.05, 3.63) is 35.4 Å². The van der Waals surface area contributed by atoms with E-state index in [0.29, 0.717) is 18.7 Å². The van der Waals surface area contributed by atoms with Crippen molar-refractivity contribution in [3.63, 3.8) is 0 Å². The Bertz CT molecular complexity index is 544. The predicted octanol–water partition coefficient (Wildman–Crippen LogP) is 1.82. The molecule has 0 radical (unpaired) electrons. The second kappa shape index (κ2) is 6.35. The van der Waals surface area contributed by atoms with Gasteiger partial charge in [-0.1, -0.05) is 12.1 Å². The second-order valence-corrected chi connectivity index (χ2v) is 6.20. The number of hydrogen-bond acceptors (Lipinski definition) is 5. The highest BCUT2D eigenvalue weighted by Crippen LogP contribution is 2.34. The molecule has 5 heteroatoms. The number of aliphatic hydroxyl groups is 1. The Morgan fingerprint density at radius 3 is 2.59 bits per heavy atom. The average Bonchev–Trinajstić information content (AvgIpc) is 2.91. The highest BCUT2D eigenvalue weighted by Gasteiger charge is 2.42. The number of nitrogens with zero attached hydrogens (tertiary/aromatic N) is 2. The van der Waals surface area contributed by atoms with Crippen LogP contribution in [0.4, 0.5) is 0 Å². The quantitative estimate of drug-likeness (QED) is 0.922. The van der Waals surface area contributed by atoms with E-state index in [9.17, 15) is 5.11 Å². The van der Waals surface area contributed by atoms with Crippen LogP contribution in [-0.4, -0.2) is 48.1 Å². The maximum Gasteiger partial charge on any atom is 0.171 e. The molecule has 2 heterocycles. The molecule has 0 amide bonds. The van der Waals surface area contributed by atoms with Gasteiger partial charge in [-0.15, -0.1) is 0 Å². The summed E-state index contributed by atoms with van der Waals surface area (Å²) in [6.07, 6.45) is 1.33. The zero-order valence-corrected chi connectivity index (χ0v) is 12.9. The highest BCUT2D eigenvalue weighted by molar-refractivity contribution is 5.32. The Labute approximate surface area is 131 Å². The van der Waals surface area contributed by atoms with E-state index in [4.69, 9.17) is 14.7 Å². The van der Waals surface area contributed by atoms with Gasteiger partial charge in [-0.2, -0.15) is 5.26 Å². The van der Waals surface area contributed by atoms with Crippen molar-refractivity contribution < 1.29 is 14.6 Å². The summed E-state index contributed by atoms with van der Waals surface area (Å²) in [4.78, 5) is 2.24. The fraction of sp³-hybridized carbons (Fsp3) is 0.588. The molecule has 1 aromatic rings. The van der Waals surface area contributed by atoms with Gasteiger partial charge in [0.05, 0.1) is 30.4 Å². The Balaban J connectivity index is 1.52. The first kappa shape index (κ1) is 15.4. The van der Waals surface area contributed by atoms with Crippen molar-refractivity contribution in [1.82, 2.24) is 4.90 Å². The van der Waals surface area contributed by atoms with Crippen LogP contribution in [0.5, 0.6) is 0 Å². The molecule has 0 bridgehead atoms. The lowest BCUT2D eigenvalue weighted by Gasteiger charge is -2.38. The predicted molar refractivity (Wildman–Crippen MR) is 81.0 cm³/mol. The van der Waals surface area contributed by atoms with E-state index in [1.54, 1.807) is 12.1 Å². The topological polar surface area (TPSA) is 65.7 Å². The third-order valence-electron chi connectivity index (χ3n) is 4.47. The number of ether oxygens (including phenoxy) is 2. The molecule has 2 atom stereocenters. The largest absolute Gasteiger partial charge is 0.387 e. The van der Waals surface area contributed by atoms with Gasteiger partial charge in [0.2, 0.25) is 0 Å². The summed E-state index contributed by atoms with van der Waals surface area (Å²) >= 11 is 0. The first-order valence-corrected chi connectivity index (χ1v) is 7.82. The van der Waals surface area contributed by atoms with Crippen molar-refractivity contribution in [3.8, 4) is 6.07 Å². The molecule has 0 aliphatic carbocycles. The fourth-order valence-corrected chi connectivity index (χ4v) is 3.17. The smallest absolute Gasteiger partial charge is 0.171 e. The van der Waals surface area contributed by atoms with Gasteiger partial charge < -0.3 is 19.5 Å². The summed E-state index contributed by atoms with van der Waals surface area (Å²) < 4.78 is 11.7. The number of aliphatic hydroxyl groups excluding tert-OH is 1. The van der Waals surface area contributed by atoms with Crippen molar-refractivity contribution in [2.75, 3.05) is 26.2 Å². The molecular formula is C17H22N2O3. The molecule has 1 aromatic carbocycles. The van der Waals surface area contributed by atoms with E-state index < -0.39 is 11.9 Å². The third kappa shape index (κ3) is 3.31. The minimum Gasteiger partial charge on any atom is -0.387 e. The van der Waals surface area contributed by atoms with Gasteiger partial charge in [-0.25, -0.2) is 0 Å². The van der Waals surface area contributed by atoms with Crippen molar-refractivity contribution in [2.24, 2.45) is 0 Å². The molecule has 1 spiro atoms. The Kier molecular flexibility index (Phi) is 4.46. The van der Waals surface area contributed by atoms with Gasteiger partial charge in [-0.05, 0) is 24.6 Å². The van der Waals surface area contributed by atoms with Gasteiger partial charge in [0.1, 0.15) is 0 Å². The van der Waals surface area contributed by atoms with Crippen molar-refractivity contribution >= 4 is 0 Å². The van der Waals surface area contributed by atoms with Gasteiger partial charge >= 0.3 is 0 Å². The molecule has 2 saturated heterocycles. The van der Waals surface area contributed by atoms with Crippen LogP contribution in [-0.2, 0) is 9.47 Å². The van der Waals surface area contributed by atoms with Gasteiger partial charge in [0, 0.05) is 32.5 Å². The molecule has 0 aromatic heterocycles. The first-order chi connectivity index (χ1) is 10.6. The molecule has 5 nitrogen and oxygen atoms in total. The monoisotopic (exact) mass is 302 g/mol. The van der Waals surface area contributed by atoms with E-state index in [0.717, 1.165) is 31.5 Å². The Hall–Kier alpha value is -1.45. The summed E-state index contributed by atoms with van der Waals surface area (Å²) in [5.74, 6) is -0.394. The van der Waals surface area contributed by atoms with E-state index >= 15 is 0 Å². The Morgan fingerprint density at radius 2 is 2.05 bits per heavy atom. The van der Waals surface area contributed by atoms with Crippen molar-refractivity contribution in [2.45, 2.75) is 37.8 Å². The molecule has 2 aliphatic rings. The van der Waals surface area contributed by atoms with Crippen LogP contribution < -0.4 is 0 Å². The lowest BCUT2D eigenvalue weighted by atomic mass is 10.0. The number of piperidine rings is 1. The van der Waals surface area contributed by atoms with Crippen LogP contribution in [0.15, 0.2) is 24.3 Å². The van der Waals surface area contributed by atoms with Gasteiger partial charge in [0.25, 0.3) is 0 Å². The zero-order valence-electron chi connectivity index (χ0n) is 12.9. The number of nitriles is 1. The van der Waals surface area contributed by atoms with Crippen LogP contribution >= 0.6 is 0 Å². The first-order valence-electron chi connectivity index (χ1n) is 7.82. The number of β-amino-alcohol motifs (C(OH)–C–C–N with tert-alkyl or cyclic N) is 1. The summed E-state index contributed by atoms with van der Waals surface area (Å²) in [6.45, 7) is 5.03. The molecule has 1 N–H and O–H groups in total. The zero-order chi connectivity index (χ0) is 15.6. The molecule has 3 rings (SSSR count). The standard InChI is InChI=1S/C17H22N2O3/c1-13-12-21-17(22-13)6-8-19(9-7-17)11-16(20)15-4-2-14(10-18)3-5-15/h2-5,13,16,20H,6-9,11-12H2,1H3. The van der Waals surface area contributed by atoms with Crippen LogP contribution in [0.2, 0.25) is 0 Å². The summed E-state index contributed by atoms with van der Waals surface area (Å²) in [5.41, 5.74) is 1.46. The molecular weight excluding hydrogens is 280 g/mol. The number of likely N-dealkylation sites (tertiary alicyclic amines) is 1. The van der Waals surface area contributed by atoms with Crippen molar-refractivity contribution in [1.29, 1.82) is 5.26 Å². The minimum absolute atomic E-state index is 0.177. The van der Waals surface area contributed by atoms with E-state index in [1.807, 2.05) is 19.1 Å². The second-order valence-electron chi connectivity index (χ2n) is 6.20. The third-order valence-corrected chi connectivity index (χ3v) is 4.47. The SMILES string of the molecule is CC1COC2(CCN(CC(O)c3ccc(C#N)cc3)CC2)O1. The summed E-state index contributed by atoms with van der Waals surface area (Å²) in [5, 5.41) is 19.2. The number of benzene rings is 1. The number of hydrogen-bond donors (Lipinski definition) is 1. The van der Waals surface area contributed by atoms with E-state index in [-0.39, 0.29) is 6.10 Å². The van der Waals surface area contributed by atoms with Gasteiger partial charge in [-0.3, -0.25) is 0 Å². The molecule has 0 saturated carbocycles. The fourth-order valence-electron chi connectivity index (χ4n) is 3.17. The maximum absolute atomic E-state index is 10.3. The molecule has 2 fully saturated rings. The Morgan fingerprint density at radius 1 is 1.36 bits per heavy atom. The normalized spacial score (nSPS) is 26.0. The maximum atomic E-state index is 10.3. The molecule has 22 heavy (non-hydrogen) atoms. The van der Waals surface area contributed by atoms with E-state index in [1.165, 1.54) is 0 Å². The lowest BCUT2D eigenvalue weighted by molar-refractivity contribution is -0.194. The highest BCUT2D eigenvalue weighted by atomic mass is 16.7. The van der Waals surface area contributed by atoms with E-state index in [2.05, 4.69) is 11.0 Å². The van der Waals surface area contributed by atoms with Crippen LogP contribution in [0.3, 0.4) is 0 Å². The summed E-state index contributed by atoms with van der Waals surface area (Å²) in [7, 11) is 0. The number of rotatable bonds is 3. The average molecular weight is 302 g/mol. The molecule has 118 valence electrons. The van der Waals surface area contributed by atoms with Crippen LogP contribution in [0.1, 0.15) is 37.0 Å². The molecule has 2 unspecified atom stereocenters.